The largest absolute Gasteiger partial charge is 0.497 e. The number of ether oxygens (including phenoxy) is 2. The average molecular weight is 632 g/mol. The molecule has 45 heavy (non-hydrogen) atoms. The van der Waals surface area contributed by atoms with Crippen LogP contribution in [0.15, 0.2) is 72.8 Å². The number of amides is 3. The number of methoxy groups -OCH3 is 1. The normalized spacial score (nSPS) is 27.3. The van der Waals surface area contributed by atoms with Gasteiger partial charge < -0.3 is 29.3 Å². The van der Waals surface area contributed by atoms with Gasteiger partial charge in [0.25, 0.3) is 5.91 Å². The van der Waals surface area contributed by atoms with Crippen molar-refractivity contribution >= 4 is 40.9 Å². The fourth-order valence-corrected chi connectivity index (χ4v) is 9.25. The van der Waals surface area contributed by atoms with Gasteiger partial charge in [-0.05, 0) is 68.3 Å². The van der Waals surface area contributed by atoms with Crippen LogP contribution in [0, 0.1) is 11.8 Å². The number of anilines is 2. The first kappa shape index (κ1) is 31.2. The number of fused-ring (bicyclic) bond motifs is 2. The monoisotopic (exact) mass is 631 g/mol. The molecule has 2 fully saturated rings. The lowest BCUT2D eigenvalue weighted by Crippen LogP contribution is -2.53. The smallest absolute Gasteiger partial charge is 0.251 e. The fourth-order valence-electron chi connectivity index (χ4n) is 7.24. The first-order valence-corrected chi connectivity index (χ1v) is 16.7. The molecule has 0 aliphatic carbocycles. The summed E-state index contributed by atoms with van der Waals surface area (Å²) in [6.45, 7) is 3.82. The van der Waals surface area contributed by atoms with Gasteiger partial charge in [0.15, 0.2) is 0 Å². The minimum atomic E-state index is -0.877. The van der Waals surface area contributed by atoms with Crippen molar-refractivity contribution in [2.75, 3.05) is 49.8 Å². The van der Waals surface area contributed by atoms with Gasteiger partial charge in [-0.15, -0.1) is 11.8 Å². The number of hydrogen-bond acceptors (Lipinski definition) is 7. The number of likely N-dealkylation sites (tertiary alicyclic amines) is 1. The predicted octanol–water partition coefficient (Wildman–Crippen LogP) is 4.45. The molecule has 3 amide bonds. The Labute approximate surface area is 268 Å². The van der Waals surface area contributed by atoms with Crippen LogP contribution >= 0.6 is 11.8 Å². The van der Waals surface area contributed by atoms with Crippen molar-refractivity contribution in [3.05, 3.63) is 72.8 Å². The SMILES string of the molecule is CCOc1ccc(N2CC=C[C@H]3S[C@]45C=CCN(c6ccc(OC)cc6)C(=O)C4N(CCCCCCO)C(=O)[C@@H]5[C@H]3C2=O)cc1. The van der Waals surface area contributed by atoms with Crippen molar-refractivity contribution in [2.24, 2.45) is 11.8 Å². The number of hydrogen-bond donors (Lipinski definition) is 1. The third-order valence-corrected chi connectivity index (χ3v) is 11.1. The number of benzene rings is 2. The van der Waals surface area contributed by atoms with Crippen molar-refractivity contribution < 1.29 is 29.0 Å². The van der Waals surface area contributed by atoms with Crippen LogP contribution < -0.4 is 19.3 Å². The number of nitrogens with zero attached hydrogens (tertiary/aromatic N) is 3. The number of carbonyl (C=O) groups excluding carboxylic acids is 3. The van der Waals surface area contributed by atoms with E-state index in [9.17, 15) is 19.5 Å². The molecule has 0 aromatic heterocycles. The summed E-state index contributed by atoms with van der Waals surface area (Å²) in [5.41, 5.74) is 1.48. The van der Waals surface area contributed by atoms with E-state index >= 15 is 0 Å². The van der Waals surface area contributed by atoms with Gasteiger partial charge >= 0.3 is 0 Å². The Morgan fingerprint density at radius 1 is 0.844 bits per heavy atom. The summed E-state index contributed by atoms with van der Waals surface area (Å²) < 4.78 is 10.1. The van der Waals surface area contributed by atoms with Crippen molar-refractivity contribution in [3.63, 3.8) is 0 Å². The molecule has 1 N–H and O–H groups in total. The van der Waals surface area contributed by atoms with Crippen molar-refractivity contribution in [2.45, 2.75) is 48.6 Å². The second-order valence-corrected chi connectivity index (χ2v) is 13.4. The van der Waals surface area contributed by atoms with Gasteiger partial charge in [0, 0.05) is 42.9 Å². The van der Waals surface area contributed by atoms with Gasteiger partial charge in [-0.25, -0.2) is 0 Å². The second kappa shape index (κ2) is 13.3. The maximum atomic E-state index is 14.6. The Kier molecular flexibility index (Phi) is 9.23. The van der Waals surface area contributed by atoms with E-state index in [1.807, 2.05) is 67.6 Å². The van der Waals surface area contributed by atoms with Crippen LogP contribution in [0.25, 0.3) is 0 Å². The van der Waals surface area contributed by atoms with Gasteiger partial charge in [-0.3, -0.25) is 14.4 Å². The van der Waals surface area contributed by atoms with Crippen molar-refractivity contribution in [1.29, 1.82) is 0 Å². The van der Waals surface area contributed by atoms with Crippen molar-refractivity contribution in [3.8, 4) is 11.5 Å². The Morgan fingerprint density at radius 2 is 1.49 bits per heavy atom. The second-order valence-electron chi connectivity index (χ2n) is 11.9. The lowest BCUT2D eigenvalue weighted by Gasteiger charge is -2.35. The van der Waals surface area contributed by atoms with Crippen LogP contribution in [0.5, 0.6) is 11.5 Å². The van der Waals surface area contributed by atoms with E-state index in [0.29, 0.717) is 38.4 Å². The molecule has 4 aliphatic heterocycles. The standard InChI is InChI=1S/C35H41N3O6S/c1-3-44-27-17-13-24(14-18-27)36-21-8-10-28-29(32(36)40)30-33(41)38(20-6-4-5-7-23-39)31-34(42)37(22-9-19-35(30,31)45-28)25-11-15-26(43-2)16-12-25/h8-19,28-31,39H,3-7,20-23H2,1-2H3/t28-,29+,30+,31?,35+/m1/s1. The van der Waals surface area contributed by atoms with Crippen LogP contribution in [0.4, 0.5) is 11.4 Å². The van der Waals surface area contributed by atoms with E-state index in [-0.39, 0.29) is 29.6 Å². The summed E-state index contributed by atoms with van der Waals surface area (Å²) in [6, 6.07) is 14.1. The van der Waals surface area contributed by atoms with E-state index in [2.05, 4.69) is 12.2 Å². The van der Waals surface area contributed by atoms with Crippen LogP contribution in [-0.2, 0) is 14.4 Å². The number of aliphatic hydroxyl groups is 1. The first-order valence-electron chi connectivity index (χ1n) is 15.9. The predicted molar refractivity (Wildman–Crippen MR) is 176 cm³/mol. The number of thioether (sulfide) groups is 1. The maximum Gasteiger partial charge on any atom is 0.251 e. The van der Waals surface area contributed by atoms with Crippen molar-refractivity contribution in [1.82, 2.24) is 4.90 Å². The third-order valence-electron chi connectivity index (χ3n) is 9.31. The quantitative estimate of drug-likeness (QED) is 0.289. The van der Waals surface area contributed by atoms with E-state index in [1.165, 1.54) is 0 Å². The molecule has 1 spiro atoms. The summed E-state index contributed by atoms with van der Waals surface area (Å²) in [4.78, 5) is 48.9. The lowest BCUT2D eigenvalue weighted by atomic mass is 9.78. The Morgan fingerprint density at radius 3 is 2.16 bits per heavy atom. The fraction of sp³-hybridized carbons (Fsp3) is 0.457. The van der Waals surface area contributed by atoms with E-state index < -0.39 is 22.6 Å². The Hall–Kier alpha value is -3.76. The zero-order valence-corrected chi connectivity index (χ0v) is 26.7. The Bertz CT molecular complexity index is 1460. The molecule has 10 heteroatoms. The molecule has 0 radical (unpaired) electrons. The number of rotatable bonds is 11. The summed E-state index contributed by atoms with van der Waals surface area (Å²) >= 11 is 1.59. The zero-order valence-electron chi connectivity index (χ0n) is 25.8. The molecule has 6 rings (SSSR count). The number of aliphatic hydroxyl groups excluding tert-OH is 1. The molecular weight excluding hydrogens is 590 g/mol. The molecule has 1 unspecified atom stereocenters. The average Bonchev–Trinajstić information content (AvgIpc) is 3.36. The highest BCUT2D eigenvalue weighted by molar-refractivity contribution is 8.02. The highest BCUT2D eigenvalue weighted by atomic mass is 32.2. The summed E-state index contributed by atoms with van der Waals surface area (Å²) in [5, 5.41) is 9.00. The minimum Gasteiger partial charge on any atom is -0.497 e. The van der Waals surface area contributed by atoms with Gasteiger partial charge in [0.2, 0.25) is 11.8 Å². The molecule has 4 heterocycles. The molecule has 5 atom stereocenters. The molecule has 4 aliphatic rings. The highest BCUT2D eigenvalue weighted by Crippen LogP contribution is 2.61. The first-order chi connectivity index (χ1) is 21.9. The zero-order chi connectivity index (χ0) is 31.6. The molecule has 9 nitrogen and oxygen atoms in total. The van der Waals surface area contributed by atoms with Crippen LogP contribution in [-0.4, -0.2) is 83.7 Å². The van der Waals surface area contributed by atoms with E-state index in [1.54, 1.807) is 33.6 Å². The van der Waals surface area contributed by atoms with Crippen LogP contribution in [0.2, 0.25) is 0 Å². The topological polar surface area (TPSA) is 99.6 Å². The molecule has 2 aromatic rings. The highest BCUT2D eigenvalue weighted by Gasteiger charge is 2.71. The van der Waals surface area contributed by atoms with Gasteiger partial charge in [0.1, 0.15) is 17.5 Å². The number of unbranched alkanes of at least 4 members (excludes halogenated alkanes) is 3. The molecule has 238 valence electrons. The summed E-state index contributed by atoms with van der Waals surface area (Å²) in [6.07, 6.45) is 11.2. The van der Waals surface area contributed by atoms with E-state index in [4.69, 9.17) is 9.47 Å². The minimum absolute atomic E-state index is 0.0995. The lowest BCUT2D eigenvalue weighted by molar-refractivity contribution is -0.138. The maximum absolute atomic E-state index is 14.6. The van der Waals surface area contributed by atoms with Crippen LogP contribution in [0.1, 0.15) is 32.6 Å². The van der Waals surface area contributed by atoms with Gasteiger partial charge in [0.05, 0.1) is 30.3 Å². The van der Waals surface area contributed by atoms with Gasteiger partial charge in [-0.2, -0.15) is 0 Å². The van der Waals surface area contributed by atoms with Gasteiger partial charge in [-0.1, -0.05) is 37.1 Å². The van der Waals surface area contributed by atoms with E-state index in [0.717, 1.165) is 36.4 Å². The Balaban J connectivity index is 1.35. The summed E-state index contributed by atoms with van der Waals surface area (Å²) in [7, 11) is 1.60. The molecule has 2 saturated heterocycles. The third kappa shape index (κ3) is 5.63. The molecule has 0 bridgehead atoms. The summed E-state index contributed by atoms with van der Waals surface area (Å²) in [5.74, 6) is -0.224. The molecular formula is C35H41N3O6S. The molecule has 2 aromatic carbocycles. The van der Waals surface area contributed by atoms with Crippen LogP contribution in [0.3, 0.4) is 0 Å². The molecule has 0 saturated carbocycles. The number of carbonyl (C=O) groups is 3.